The largest absolute Gasteiger partial charge is 0.423 e. The Balaban J connectivity index is 0.000001000. The standard InChI is InChI=1S/C13H18N4O.2BrH/c1-2-5-16-6-8-17(9-7-16)13-15-11-10-14-4-3-12(11)18-13;;/h3-4,10H,2,5-9H2,1H3;2*1H. The molecule has 0 aromatic carbocycles. The Kier molecular flexibility index (Phi) is 6.91. The summed E-state index contributed by atoms with van der Waals surface area (Å²) in [4.78, 5) is 13.2. The summed E-state index contributed by atoms with van der Waals surface area (Å²) in [6.45, 7) is 7.56. The van der Waals surface area contributed by atoms with Crippen LogP contribution in [-0.4, -0.2) is 47.6 Å². The normalized spacial score (nSPS) is 15.8. The van der Waals surface area contributed by atoms with Gasteiger partial charge in [-0.1, -0.05) is 6.92 Å². The van der Waals surface area contributed by atoms with Crippen LogP contribution in [0.4, 0.5) is 6.01 Å². The number of aromatic nitrogens is 2. The van der Waals surface area contributed by atoms with Crippen LogP contribution in [0.1, 0.15) is 13.3 Å². The van der Waals surface area contributed by atoms with Crippen LogP contribution in [0, 0.1) is 0 Å². The molecule has 0 radical (unpaired) electrons. The number of oxazole rings is 1. The molecular formula is C13H20Br2N4O. The van der Waals surface area contributed by atoms with E-state index < -0.39 is 0 Å². The van der Waals surface area contributed by atoms with Crippen molar-refractivity contribution in [3.8, 4) is 0 Å². The number of nitrogens with zero attached hydrogens (tertiary/aromatic N) is 4. The Morgan fingerprint density at radius 2 is 1.95 bits per heavy atom. The average Bonchev–Trinajstić information content (AvgIpc) is 2.84. The Morgan fingerprint density at radius 1 is 1.20 bits per heavy atom. The minimum absolute atomic E-state index is 0. The molecule has 1 aliphatic rings. The van der Waals surface area contributed by atoms with Gasteiger partial charge in [0.1, 0.15) is 5.52 Å². The fourth-order valence-electron chi connectivity index (χ4n) is 2.38. The van der Waals surface area contributed by atoms with Crippen molar-refractivity contribution in [2.45, 2.75) is 13.3 Å². The number of anilines is 1. The second kappa shape index (κ2) is 7.95. The summed E-state index contributed by atoms with van der Waals surface area (Å²) in [7, 11) is 0. The van der Waals surface area contributed by atoms with Gasteiger partial charge in [-0.15, -0.1) is 34.0 Å². The van der Waals surface area contributed by atoms with Crippen LogP contribution in [0.25, 0.3) is 11.1 Å². The number of halogens is 2. The zero-order valence-electron chi connectivity index (χ0n) is 11.5. The van der Waals surface area contributed by atoms with E-state index in [4.69, 9.17) is 4.42 Å². The maximum Gasteiger partial charge on any atom is 0.298 e. The molecular weight excluding hydrogens is 388 g/mol. The van der Waals surface area contributed by atoms with E-state index in [0.717, 1.165) is 43.3 Å². The summed E-state index contributed by atoms with van der Waals surface area (Å²) in [5, 5.41) is 0. The third-order valence-corrected chi connectivity index (χ3v) is 3.36. The van der Waals surface area contributed by atoms with Crippen molar-refractivity contribution in [3.05, 3.63) is 18.5 Å². The maximum atomic E-state index is 5.76. The minimum Gasteiger partial charge on any atom is -0.423 e. The second-order valence-electron chi connectivity index (χ2n) is 4.67. The molecule has 5 nitrogen and oxygen atoms in total. The first-order valence-electron chi connectivity index (χ1n) is 6.54. The number of pyridine rings is 1. The van der Waals surface area contributed by atoms with Gasteiger partial charge in [0.05, 0.1) is 6.20 Å². The summed E-state index contributed by atoms with van der Waals surface area (Å²) >= 11 is 0. The van der Waals surface area contributed by atoms with Gasteiger partial charge in [-0.2, -0.15) is 4.98 Å². The molecule has 0 amide bonds. The lowest BCUT2D eigenvalue weighted by Crippen LogP contribution is -2.46. The Morgan fingerprint density at radius 3 is 2.60 bits per heavy atom. The molecule has 0 bridgehead atoms. The lowest BCUT2D eigenvalue weighted by molar-refractivity contribution is 0.254. The number of piperazine rings is 1. The Bertz CT molecular complexity index is 493. The zero-order valence-corrected chi connectivity index (χ0v) is 14.9. The van der Waals surface area contributed by atoms with E-state index in [1.807, 2.05) is 6.07 Å². The molecule has 0 aliphatic carbocycles. The molecule has 3 rings (SSSR count). The molecule has 2 aromatic heterocycles. The SMILES string of the molecule is Br.Br.CCCN1CCN(c2nc3cnccc3o2)CC1. The lowest BCUT2D eigenvalue weighted by atomic mass is 10.3. The van der Waals surface area contributed by atoms with Crippen molar-refractivity contribution in [1.29, 1.82) is 0 Å². The van der Waals surface area contributed by atoms with Gasteiger partial charge in [0.25, 0.3) is 6.01 Å². The fraction of sp³-hybridized carbons (Fsp3) is 0.538. The van der Waals surface area contributed by atoms with Gasteiger partial charge in [0, 0.05) is 38.4 Å². The van der Waals surface area contributed by atoms with Crippen LogP contribution in [-0.2, 0) is 0 Å². The van der Waals surface area contributed by atoms with Crippen LogP contribution in [0.15, 0.2) is 22.9 Å². The van der Waals surface area contributed by atoms with Crippen molar-refractivity contribution in [2.24, 2.45) is 0 Å². The van der Waals surface area contributed by atoms with Crippen LogP contribution in [0.5, 0.6) is 0 Å². The molecule has 3 heterocycles. The van der Waals surface area contributed by atoms with E-state index in [1.165, 1.54) is 13.0 Å². The van der Waals surface area contributed by atoms with E-state index in [2.05, 4.69) is 26.7 Å². The first-order valence-corrected chi connectivity index (χ1v) is 6.54. The predicted molar refractivity (Wildman–Crippen MR) is 91.4 cm³/mol. The average molecular weight is 408 g/mol. The summed E-state index contributed by atoms with van der Waals surface area (Å²) in [6.07, 6.45) is 4.70. The van der Waals surface area contributed by atoms with Gasteiger partial charge in [-0.25, -0.2) is 0 Å². The van der Waals surface area contributed by atoms with Crippen molar-refractivity contribution in [3.63, 3.8) is 0 Å². The van der Waals surface area contributed by atoms with Crippen molar-refractivity contribution in [2.75, 3.05) is 37.6 Å². The smallest absolute Gasteiger partial charge is 0.298 e. The quantitative estimate of drug-likeness (QED) is 0.782. The Hall–Kier alpha value is -0.660. The Labute approximate surface area is 139 Å². The molecule has 2 aromatic rings. The third-order valence-electron chi connectivity index (χ3n) is 3.36. The van der Waals surface area contributed by atoms with E-state index in [1.54, 1.807) is 12.4 Å². The fourth-order valence-corrected chi connectivity index (χ4v) is 2.38. The van der Waals surface area contributed by atoms with E-state index >= 15 is 0 Å². The summed E-state index contributed by atoms with van der Waals surface area (Å²) in [5.74, 6) is 0. The number of rotatable bonds is 3. The molecule has 1 saturated heterocycles. The van der Waals surface area contributed by atoms with Gasteiger partial charge >= 0.3 is 0 Å². The first kappa shape index (κ1) is 17.4. The topological polar surface area (TPSA) is 45.4 Å². The van der Waals surface area contributed by atoms with Gasteiger partial charge in [0.15, 0.2) is 5.58 Å². The number of hydrogen-bond acceptors (Lipinski definition) is 5. The van der Waals surface area contributed by atoms with Crippen LogP contribution < -0.4 is 4.90 Å². The molecule has 0 saturated carbocycles. The van der Waals surface area contributed by atoms with Gasteiger partial charge in [-0.05, 0) is 13.0 Å². The van der Waals surface area contributed by atoms with Crippen molar-refractivity contribution >= 4 is 51.1 Å². The van der Waals surface area contributed by atoms with Crippen molar-refractivity contribution < 1.29 is 4.42 Å². The molecule has 1 aliphatic heterocycles. The molecule has 0 unspecified atom stereocenters. The highest BCUT2D eigenvalue weighted by Gasteiger charge is 2.20. The first-order chi connectivity index (χ1) is 8.86. The highest BCUT2D eigenvalue weighted by Crippen LogP contribution is 2.21. The van der Waals surface area contributed by atoms with E-state index in [0.29, 0.717) is 0 Å². The van der Waals surface area contributed by atoms with Crippen LogP contribution >= 0.6 is 34.0 Å². The molecule has 20 heavy (non-hydrogen) atoms. The van der Waals surface area contributed by atoms with Crippen LogP contribution in [0.2, 0.25) is 0 Å². The molecule has 0 spiro atoms. The van der Waals surface area contributed by atoms with Crippen LogP contribution in [0.3, 0.4) is 0 Å². The van der Waals surface area contributed by atoms with Gasteiger partial charge in [-0.3, -0.25) is 9.88 Å². The molecule has 112 valence electrons. The predicted octanol–water partition coefficient (Wildman–Crippen LogP) is 2.91. The molecule has 7 heteroatoms. The number of hydrogen-bond donors (Lipinski definition) is 0. The van der Waals surface area contributed by atoms with E-state index in [-0.39, 0.29) is 34.0 Å². The maximum absolute atomic E-state index is 5.76. The van der Waals surface area contributed by atoms with E-state index in [9.17, 15) is 0 Å². The lowest BCUT2D eigenvalue weighted by Gasteiger charge is -2.33. The van der Waals surface area contributed by atoms with Gasteiger partial charge < -0.3 is 9.32 Å². The third kappa shape index (κ3) is 3.71. The summed E-state index contributed by atoms with van der Waals surface area (Å²) in [6, 6.07) is 2.59. The van der Waals surface area contributed by atoms with Crippen molar-refractivity contribution in [1.82, 2.24) is 14.9 Å². The highest BCUT2D eigenvalue weighted by atomic mass is 79.9. The molecule has 0 atom stereocenters. The summed E-state index contributed by atoms with van der Waals surface area (Å²) in [5.41, 5.74) is 1.65. The highest BCUT2D eigenvalue weighted by molar-refractivity contribution is 8.93. The molecule has 0 N–H and O–H groups in total. The monoisotopic (exact) mass is 406 g/mol. The second-order valence-corrected chi connectivity index (χ2v) is 4.67. The van der Waals surface area contributed by atoms with Gasteiger partial charge in [0.2, 0.25) is 0 Å². The number of fused-ring (bicyclic) bond motifs is 1. The zero-order chi connectivity index (χ0) is 12.4. The molecule has 1 fully saturated rings. The minimum atomic E-state index is 0. The summed E-state index contributed by atoms with van der Waals surface area (Å²) < 4.78 is 5.76.